The molecular weight excluding hydrogens is 448 g/mol. The van der Waals surface area contributed by atoms with Gasteiger partial charge >= 0.3 is 0 Å². The van der Waals surface area contributed by atoms with Crippen LogP contribution in [-0.2, 0) is 19.5 Å². The van der Waals surface area contributed by atoms with E-state index in [0.717, 1.165) is 28.5 Å². The molecule has 0 aliphatic carbocycles. The highest BCUT2D eigenvalue weighted by Crippen LogP contribution is 2.30. The molecule has 3 rings (SSSR count). The van der Waals surface area contributed by atoms with Crippen LogP contribution in [0.3, 0.4) is 0 Å². The third-order valence-electron chi connectivity index (χ3n) is 6.00. The maximum atomic E-state index is 12.2. The van der Waals surface area contributed by atoms with Gasteiger partial charge in [0.05, 0.1) is 11.8 Å². The second kappa shape index (κ2) is 10.0. The molecule has 3 atom stereocenters. The monoisotopic (exact) mass is 476 g/mol. The zero-order valence-electron chi connectivity index (χ0n) is 18.4. The van der Waals surface area contributed by atoms with E-state index in [0.29, 0.717) is 12.1 Å². The van der Waals surface area contributed by atoms with Gasteiger partial charge in [0.1, 0.15) is 6.10 Å². The highest BCUT2D eigenvalue weighted by molar-refractivity contribution is 7.92. The number of amides is 1. The number of hydroxylamine groups is 1. The van der Waals surface area contributed by atoms with Crippen molar-refractivity contribution in [2.45, 2.75) is 43.1 Å². The zero-order valence-corrected chi connectivity index (χ0v) is 19.2. The van der Waals surface area contributed by atoms with Crippen LogP contribution in [0.15, 0.2) is 53.7 Å². The van der Waals surface area contributed by atoms with E-state index in [1.165, 1.54) is 12.4 Å². The summed E-state index contributed by atoms with van der Waals surface area (Å²) in [5, 5.41) is 32.0. The zero-order chi connectivity index (χ0) is 24.2. The number of oxime groups is 1. The van der Waals surface area contributed by atoms with Crippen LogP contribution in [0.1, 0.15) is 43.4 Å². The van der Waals surface area contributed by atoms with E-state index in [-0.39, 0.29) is 19.4 Å². The molecule has 10 heteroatoms. The molecule has 2 aromatic rings. The molecule has 9 nitrogen and oxygen atoms in total. The molecule has 0 saturated carbocycles. The number of rotatable bonds is 9. The number of nitrogens with zero attached hydrogens (tertiary/aromatic N) is 1. The molecule has 1 heterocycles. The number of benzene rings is 2. The molecule has 178 valence electrons. The molecule has 1 amide bonds. The molecule has 0 fully saturated rings. The summed E-state index contributed by atoms with van der Waals surface area (Å²) in [6, 6.07) is 15.0. The third-order valence-corrected chi connectivity index (χ3v) is 7.99. The van der Waals surface area contributed by atoms with Gasteiger partial charge in [0.2, 0.25) is 0 Å². The lowest BCUT2D eigenvalue weighted by Crippen LogP contribution is -2.51. The summed E-state index contributed by atoms with van der Waals surface area (Å²) in [6.45, 7) is 1.17. The Labute approximate surface area is 192 Å². The van der Waals surface area contributed by atoms with Crippen molar-refractivity contribution in [2.75, 3.05) is 12.9 Å². The summed E-state index contributed by atoms with van der Waals surface area (Å²) < 4.78 is 22.5. The highest BCUT2D eigenvalue weighted by atomic mass is 32.2. The number of sulfone groups is 1. The summed E-state index contributed by atoms with van der Waals surface area (Å²) >= 11 is 0. The van der Waals surface area contributed by atoms with Gasteiger partial charge in [-0.1, -0.05) is 53.7 Å². The maximum absolute atomic E-state index is 12.2. The van der Waals surface area contributed by atoms with E-state index >= 15 is 0 Å². The number of carbonyl (C=O) groups is 1. The van der Waals surface area contributed by atoms with Crippen LogP contribution < -0.4 is 5.48 Å². The van der Waals surface area contributed by atoms with Crippen molar-refractivity contribution in [3.8, 4) is 11.1 Å². The van der Waals surface area contributed by atoms with Crippen molar-refractivity contribution in [3.63, 3.8) is 0 Å². The Balaban J connectivity index is 1.68. The normalized spacial score (nSPS) is 18.7. The largest absolute Gasteiger partial charge is 0.396 e. The number of carbonyl (C=O) groups excluding carboxylic acids is 1. The van der Waals surface area contributed by atoms with Crippen molar-refractivity contribution in [2.24, 2.45) is 5.16 Å². The number of hydrogen-bond donors (Lipinski definition) is 4. The van der Waals surface area contributed by atoms with Crippen LogP contribution in [0, 0.1) is 0 Å². The lowest BCUT2D eigenvalue weighted by atomic mass is 9.95. The minimum Gasteiger partial charge on any atom is -0.396 e. The molecule has 2 aromatic carbocycles. The van der Waals surface area contributed by atoms with E-state index in [4.69, 9.17) is 15.2 Å². The average Bonchev–Trinajstić information content (AvgIpc) is 3.26. The van der Waals surface area contributed by atoms with Crippen LogP contribution in [0.2, 0.25) is 0 Å². The van der Waals surface area contributed by atoms with Gasteiger partial charge in [0.25, 0.3) is 5.91 Å². The minimum absolute atomic E-state index is 0.0824. The fourth-order valence-corrected chi connectivity index (χ4v) is 4.59. The Morgan fingerprint density at radius 2 is 1.70 bits per heavy atom. The van der Waals surface area contributed by atoms with E-state index in [9.17, 15) is 18.3 Å². The maximum Gasteiger partial charge on any atom is 0.264 e. The summed E-state index contributed by atoms with van der Waals surface area (Å²) in [6.07, 6.45) is 0.0609. The van der Waals surface area contributed by atoms with Gasteiger partial charge < -0.3 is 15.1 Å². The molecule has 0 bridgehead atoms. The Bertz CT molecular complexity index is 1110. The first-order valence-electron chi connectivity index (χ1n) is 10.5. The van der Waals surface area contributed by atoms with Crippen LogP contribution in [0.4, 0.5) is 0 Å². The number of nitrogens with one attached hydrogen (secondary N) is 1. The summed E-state index contributed by atoms with van der Waals surface area (Å²) in [7, 11) is -3.82. The van der Waals surface area contributed by atoms with Crippen molar-refractivity contribution in [1.82, 2.24) is 5.48 Å². The van der Waals surface area contributed by atoms with Gasteiger partial charge in [-0.2, -0.15) is 0 Å². The lowest BCUT2D eigenvalue weighted by molar-refractivity contribution is -0.132. The van der Waals surface area contributed by atoms with Crippen molar-refractivity contribution < 1.29 is 33.5 Å². The highest BCUT2D eigenvalue weighted by Gasteiger charge is 2.47. The van der Waals surface area contributed by atoms with Crippen LogP contribution in [0.25, 0.3) is 11.1 Å². The summed E-state index contributed by atoms with van der Waals surface area (Å²) in [4.78, 5) is 17.4. The fourth-order valence-electron chi connectivity index (χ4n) is 3.72. The standard InChI is InChI=1S/C23H28N2O7S/c1-23(22(28)24-29,33(2,30)31)14-19-13-20(25-32-19)17-7-3-15(4-8-17)16-5-9-18(10-6-16)21(27)11-12-26/h3-10,19,21,26-27,29H,11-14H2,1-2H3,(H,24,28)/t19-,21?,23-/m1/s1. The number of aliphatic hydroxyl groups is 2. The van der Waals surface area contributed by atoms with E-state index < -0.39 is 32.7 Å². The molecule has 1 aliphatic rings. The minimum atomic E-state index is -3.82. The molecule has 0 aromatic heterocycles. The van der Waals surface area contributed by atoms with Gasteiger partial charge in [0.15, 0.2) is 14.6 Å². The Kier molecular flexibility index (Phi) is 7.53. The van der Waals surface area contributed by atoms with E-state index in [1.807, 2.05) is 48.5 Å². The van der Waals surface area contributed by atoms with Crippen LogP contribution >= 0.6 is 0 Å². The molecule has 0 saturated heterocycles. The lowest BCUT2D eigenvalue weighted by Gasteiger charge is -2.26. The SMILES string of the molecule is C[C@@](C[C@H]1CC(c2ccc(-c3ccc(C(O)CCO)cc3)cc2)=NO1)(C(=O)NO)S(C)(=O)=O. The quantitative estimate of drug-likeness (QED) is 0.320. The second-order valence-corrected chi connectivity index (χ2v) is 10.8. The predicted molar refractivity (Wildman–Crippen MR) is 122 cm³/mol. The predicted octanol–water partition coefficient (Wildman–Crippen LogP) is 1.96. The smallest absolute Gasteiger partial charge is 0.264 e. The molecule has 1 aliphatic heterocycles. The first kappa shape index (κ1) is 24.8. The first-order valence-corrected chi connectivity index (χ1v) is 12.3. The molecule has 33 heavy (non-hydrogen) atoms. The fraction of sp³-hybridized carbons (Fsp3) is 0.391. The Morgan fingerprint density at radius 1 is 1.15 bits per heavy atom. The molecule has 0 spiro atoms. The summed E-state index contributed by atoms with van der Waals surface area (Å²) in [5.74, 6) is -1.01. The van der Waals surface area contributed by atoms with Crippen molar-refractivity contribution in [3.05, 3.63) is 59.7 Å². The van der Waals surface area contributed by atoms with Gasteiger partial charge in [-0.25, -0.2) is 13.9 Å². The van der Waals surface area contributed by atoms with Gasteiger partial charge in [-0.15, -0.1) is 0 Å². The molecule has 4 N–H and O–H groups in total. The molecule has 0 radical (unpaired) electrons. The van der Waals surface area contributed by atoms with Crippen LogP contribution in [-0.4, -0.2) is 59.2 Å². The third kappa shape index (κ3) is 5.41. The van der Waals surface area contributed by atoms with Gasteiger partial charge in [-0.3, -0.25) is 10.0 Å². The Morgan fingerprint density at radius 3 is 2.21 bits per heavy atom. The number of aliphatic hydroxyl groups excluding tert-OH is 2. The topological polar surface area (TPSA) is 146 Å². The van der Waals surface area contributed by atoms with Crippen molar-refractivity contribution in [1.29, 1.82) is 0 Å². The molecular formula is C23H28N2O7S. The number of hydrogen-bond acceptors (Lipinski definition) is 8. The molecule has 1 unspecified atom stereocenters. The second-order valence-electron chi connectivity index (χ2n) is 8.35. The van der Waals surface area contributed by atoms with E-state index in [2.05, 4.69) is 5.16 Å². The van der Waals surface area contributed by atoms with Crippen LogP contribution in [0.5, 0.6) is 0 Å². The van der Waals surface area contributed by atoms with Crippen molar-refractivity contribution >= 4 is 21.5 Å². The van der Waals surface area contributed by atoms with Gasteiger partial charge in [0, 0.05) is 32.1 Å². The first-order chi connectivity index (χ1) is 15.6. The summed E-state index contributed by atoms with van der Waals surface area (Å²) in [5.41, 5.74) is 5.53. The van der Waals surface area contributed by atoms with E-state index in [1.54, 1.807) is 0 Å². The van der Waals surface area contributed by atoms with Gasteiger partial charge in [-0.05, 0) is 29.2 Å². The average molecular weight is 477 g/mol. The Hall–Kier alpha value is -2.79.